The lowest BCUT2D eigenvalue weighted by Crippen LogP contribution is -2.33. The molecule has 2 rings (SSSR count). The molecule has 0 atom stereocenters. The molecule has 14 heavy (non-hydrogen) atoms. The normalized spacial score (nSPS) is 11.1. The van der Waals surface area contributed by atoms with E-state index in [4.69, 9.17) is 0 Å². The zero-order valence-corrected chi connectivity index (χ0v) is 10.3. The van der Waals surface area contributed by atoms with E-state index in [-0.39, 0.29) is 0 Å². The van der Waals surface area contributed by atoms with E-state index in [1.54, 1.807) is 11.8 Å². The number of rotatable bonds is 2. The first-order valence-corrected chi connectivity index (χ1v) is 6.77. The van der Waals surface area contributed by atoms with Gasteiger partial charge in [-0.15, -0.1) is 11.8 Å². The zero-order chi connectivity index (χ0) is 10.1. The predicted molar refractivity (Wildman–Crippen MR) is 64.2 cm³/mol. The minimum atomic E-state index is 1.06. The monoisotopic (exact) mass is 224 g/mol. The van der Waals surface area contributed by atoms with Gasteiger partial charge in [0.25, 0.3) is 0 Å². The summed E-state index contributed by atoms with van der Waals surface area (Å²) in [6, 6.07) is 6.71. The Labute approximate surface area is 92.8 Å². The van der Waals surface area contributed by atoms with Gasteiger partial charge in [-0.1, -0.05) is 11.3 Å². The molecule has 0 radical (unpaired) electrons. The quantitative estimate of drug-likeness (QED) is 0.559. The maximum atomic E-state index is 2.37. The third kappa shape index (κ3) is 1.55. The van der Waals surface area contributed by atoms with Gasteiger partial charge in [0, 0.05) is 17.9 Å². The SMILES string of the molecule is CC[n+]1c(C)sc2ccc(SC)cc21. The summed E-state index contributed by atoms with van der Waals surface area (Å²) >= 11 is 3.68. The lowest BCUT2D eigenvalue weighted by Gasteiger charge is -1.94. The van der Waals surface area contributed by atoms with Crippen LogP contribution in [0.25, 0.3) is 10.2 Å². The molecule has 0 aliphatic rings. The van der Waals surface area contributed by atoms with E-state index in [0.717, 1.165) is 6.54 Å². The highest BCUT2D eigenvalue weighted by atomic mass is 32.2. The van der Waals surface area contributed by atoms with Crippen molar-refractivity contribution in [2.75, 3.05) is 6.26 Å². The zero-order valence-electron chi connectivity index (χ0n) is 8.70. The van der Waals surface area contributed by atoms with Crippen LogP contribution in [0.4, 0.5) is 0 Å². The lowest BCUT2D eigenvalue weighted by molar-refractivity contribution is -0.669. The first-order chi connectivity index (χ1) is 6.76. The number of fused-ring (bicyclic) bond motifs is 1. The van der Waals surface area contributed by atoms with Gasteiger partial charge in [0.15, 0.2) is 0 Å². The summed E-state index contributed by atoms with van der Waals surface area (Å²) < 4.78 is 3.77. The Morgan fingerprint density at radius 2 is 2.21 bits per heavy atom. The molecule has 0 unspecified atom stereocenters. The largest absolute Gasteiger partial charge is 0.235 e. The molecule has 3 heteroatoms. The van der Waals surface area contributed by atoms with Crippen molar-refractivity contribution in [3.8, 4) is 0 Å². The molecule has 0 amide bonds. The maximum absolute atomic E-state index is 2.37. The van der Waals surface area contributed by atoms with Gasteiger partial charge in [-0.2, -0.15) is 4.57 Å². The minimum Gasteiger partial charge on any atom is -0.186 e. The molecule has 1 aromatic heterocycles. The fourth-order valence-electron chi connectivity index (χ4n) is 1.70. The highest BCUT2D eigenvalue weighted by molar-refractivity contribution is 7.98. The number of hydrogen-bond acceptors (Lipinski definition) is 2. The van der Waals surface area contributed by atoms with E-state index in [1.165, 1.54) is 20.1 Å². The number of aromatic nitrogens is 1. The Bertz CT molecular complexity index is 460. The smallest absolute Gasteiger partial charge is 0.186 e. The van der Waals surface area contributed by atoms with Crippen LogP contribution in [0, 0.1) is 6.92 Å². The predicted octanol–water partition coefficient (Wildman–Crippen LogP) is 3.24. The van der Waals surface area contributed by atoms with Crippen molar-refractivity contribution in [3.05, 3.63) is 23.2 Å². The highest BCUT2D eigenvalue weighted by Gasteiger charge is 2.14. The van der Waals surface area contributed by atoms with E-state index in [9.17, 15) is 0 Å². The Hall–Kier alpha value is -0.540. The van der Waals surface area contributed by atoms with E-state index in [1.807, 2.05) is 11.3 Å². The highest BCUT2D eigenvalue weighted by Crippen LogP contribution is 2.24. The van der Waals surface area contributed by atoms with E-state index < -0.39 is 0 Å². The van der Waals surface area contributed by atoms with Crippen molar-refractivity contribution >= 4 is 33.3 Å². The summed E-state index contributed by atoms with van der Waals surface area (Å²) in [6.45, 7) is 5.45. The average molecular weight is 224 g/mol. The number of thioether (sulfide) groups is 1. The van der Waals surface area contributed by atoms with Crippen LogP contribution < -0.4 is 4.57 Å². The van der Waals surface area contributed by atoms with Crippen LogP contribution in [-0.4, -0.2) is 6.26 Å². The van der Waals surface area contributed by atoms with Crippen molar-refractivity contribution < 1.29 is 4.57 Å². The van der Waals surface area contributed by atoms with Crippen LogP contribution in [0.3, 0.4) is 0 Å². The molecular formula is C11H14NS2+. The van der Waals surface area contributed by atoms with E-state index >= 15 is 0 Å². The number of hydrogen-bond donors (Lipinski definition) is 0. The van der Waals surface area contributed by atoms with Gasteiger partial charge in [0.05, 0.1) is 0 Å². The molecule has 74 valence electrons. The first-order valence-electron chi connectivity index (χ1n) is 4.73. The molecular weight excluding hydrogens is 210 g/mol. The van der Waals surface area contributed by atoms with Gasteiger partial charge in [-0.05, 0) is 25.3 Å². The van der Waals surface area contributed by atoms with Gasteiger partial charge in [-0.25, -0.2) is 0 Å². The second-order valence-corrected chi connectivity index (χ2v) is 5.31. The van der Waals surface area contributed by atoms with Crippen molar-refractivity contribution in [1.82, 2.24) is 0 Å². The molecule has 1 heterocycles. The third-order valence-electron chi connectivity index (χ3n) is 2.41. The lowest BCUT2D eigenvalue weighted by atomic mass is 10.3. The minimum absolute atomic E-state index is 1.06. The van der Waals surface area contributed by atoms with Gasteiger partial charge in [-0.3, -0.25) is 0 Å². The molecule has 2 aromatic rings. The fraction of sp³-hybridized carbons (Fsp3) is 0.364. The number of thiazole rings is 1. The molecule has 1 aromatic carbocycles. The molecule has 0 fully saturated rings. The Morgan fingerprint density at radius 3 is 2.86 bits per heavy atom. The third-order valence-corrected chi connectivity index (χ3v) is 4.22. The van der Waals surface area contributed by atoms with Crippen LogP contribution in [-0.2, 0) is 6.54 Å². The summed E-state index contributed by atoms with van der Waals surface area (Å²) in [5.74, 6) is 0. The van der Waals surface area contributed by atoms with Crippen LogP contribution in [0.5, 0.6) is 0 Å². The molecule has 0 N–H and O–H groups in total. The molecule has 0 aliphatic carbocycles. The summed E-state index contributed by atoms with van der Waals surface area (Å²) in [5, 5.41) is 1.39. The molecule has 1 nitrogen and oxygen atoms in total. The number of benzene rings is 1. The fourth-order valence-corrected chi connectivity index (χ4v) is 3.20. The molecule has 0 aliphatic heterocycles. The molecule has 0 saturated heterocycles. The van der Waals surface area contributed by atoms with Crippen LogP contribution >= 0.6 is 23.1 Å². The summed E-state index contributed by atoms with van der Waals surface area (Å²) in [5.41, 5.74) is 1.38. The van der Waals surface area contributed by atoms with Crippen molar-refractivity contribution in [3.63, 3.8) is 0 Å². The topological polar surface area (TPSA) is 3.88 Å². The molecule has 0 spiro atoms. The first kappa shape index (κ1) is 9.99. The van der Waals surface area contributed by atoms with E-state index in [0.29, 0.717) is 0 Å². The second-order valence-electron chi connectivity index (χ2n) is 3.20. The summed E-state index contributed by atoms with van der Waals surface area (Å²) in [4.78, 5) is 1.34. The standard InChI is InChI=1S/C11H14NS2/c1-4-12-8(2)14-11-6-5-9(13-3)7-10(11)12/h5-7H,4H2,1-3H3/q+1. The van der Waals surface area contributed by atoms with Gasteiger partial charge in [0.2, 0.25) is 10.5 Å². The maximum Gasteiger partial charge on any atom is 0.235 e. The van der Waals surface area contributed by atoms with Crippen LogP contribution in [0.15, 0.2) is 23.1 Å². The van der Waals surface area contributed by atoms with Gasteiger partial charge in [0.1, 0.15) is 11.2 Å². The number of nitrogens with zero attached hydrogens (tertiary/aromatic N) is 1. The van der Waals surface area contributed by atoms with Crippen molar-refractivity contribution in [2.45, 2.75) is 25.3 Å². The summed E-state index contributed by atoms with van der Waals surface area (Å²) in [7, 11) is 0. The molecule has 0 saturated carbocycles. The molecule has 0 bridgehead atoms. The van der Waals surface area contributed by atoms with Gasteiger partial charge >= 0.3 is 0 Å². The van der Waals surface area contributed by atoms with Crippen molar-refractivity contribution in [2.24, 2.45) is 0 Å². The Kier molecular flexibility index (Phi) is 2.79. The van der Waals surface area contributed by atoms with E-state index in [2.05, 4.69) is 42.9 Å². The second kappa shape index (κ2) is 3.91. The Morgan fingerprint density at radius 1 is 1.43 bits per heavy atom. The van der Waals surface area contributed by atoms with Gasteiger partial charge < -0.3 is 0 Å². The summed E-state index contributed by atoms with van der Waals surface area (Å²) in [6.07, 6.45) is 2.12. The van der Waals surface area contributed by atoms with Crippen LogP contribution in [0.1, 0.15) is 11.9 Å². The van der Waals surface area contributed by atoms with Crippen molar-refractivity contribution in [1.29, 1.82) is 0 Å². The Balaban J connectivity index is 2.71. The average Bonchev–Trinajstić information content (AvgIpc) is 2.52. The van der Waals surface area contributed by atoms with Crippen LogP contribution in [0.2, 0.25) is 0 Å². The number of aryl methyl sites for hydroxylation is 2.